The molecule has 1 aromatic heterocycles. The third-order valence-electron chi connectivity index (χ3n) is 3.98. The predicted molar refractivity (Wildman–Crippen MR) is 85.5 cm³/mol. The average molecular weight is 329 g/mol. The summed E-state index contributed by atoms with van der Waals surface area (Å²) in [5.74, 6) is 1.80. The van der Waals surface area contributed by atoms with Crippen LogP contribution in [0, 0.1) is 5.92 Å². The highest BCUT2D eigenvalue weighted by Crippen LogP contribution is 2.38. The number of carbonyl (C=O) groups is 1. The molecular formula is C14H23N3O2S2. The van der Waals surface area contributed by atoms with Crippen LogP contribution in [0.25, 0.3) is 0 Å². The predicted octanol–water partition coefficient (Wildman–Crippen LogP) is 2.64. The topological polar surface area (TPSA) is 78.1 Å². The highest BCUT2D eigenvalue weighted by molar-refractivity contribution is 8.00. The molecule has 118 valence electrons. The number of nitrogens with two attached hydrogens (primary N) is 1. The first-order chi connectivity index (χ1) is 10.1. The molecule has 0 aliphatic heterocycles. The molecule has 1 aromatic rings. The minimum atomic E-state index is -0.785. The van der Waals surface area contributed by atoms with Gasteiger partial charge in [-0.05, 0) is 43.6 Å². The molecule has 2 rings (SSSR count). The van der Waals surface area contributed by atoms with Crippen molar-refractivity contribution in [3.8, 4) is 0 Å². The maximum absolute atomic E-state index is 12.1. The molecule has 1 aliphatic carbocycles. The van der Waals surface area contributed by atoms with Crippen molar-refractivity contribution < 1.29 is 9.53 Å². The monoisotopic (exact) mass is 329 g/mol. The molecule has 2 unspecified atom stereocenters. The highest BCUT2D eigenvalue weighted by atomic mass is 32.2. The van der Waals surface area contributed by atoms with E-state index < -0.39 is 5.54 Å². The molecule has 7 heteroatoms. The summed E-state index contributed by atoms with van der Waals surface area (Å²) >= 11 is 3.16. The Morgan fingerprint density at radius 1 is 1.57 bits per heavy atom. The van der Waals surface area contributed by atoms with Crippen LogP contribution in [0.4, 0.5) is 0 Å². The Kier molecular flexibility index (Phi) is 6.01. The molecule has 0 saturated heterocycles. The van der Waals surface area contributed by atoms with Crippen LogP contribution < -0.4 is 5.73 Å². The zero-order valence-corrected chi connectivity index (χ0v) is 14.3. The second kappa shape index (κ2) is 7.56. The average Bonchev–Trinajstić information content (AvgIpc) is 3.07. The molecule has 2 N–H and O–H groups in total. The van der Waals surface area contributed by atoms with Crippen LogP contribution in [0.15, 0.2) is 4.34 Å². The summed E-state index contributed by atoms with van der Waals surface area (Å²) in [7, 11) is 0. The molecular weight excluding hydrogens is 306 g/mol. The van der Waals surface area contributed by atoms with Crippen molar-refractivity contribution in [1.29, 1.82) is 0 Å². The molecule has 2 atom stereocenters. The number of rotatable bonds is 7. The van der Waals surface area contributed by atoms with Crippen molar-refractivity contribution in [3.63, 3.8) is 0 Å². The maximum Gasteiger partial charge on any atom is 0.326 e. The van der Waals surface area contributed by atoms with E-state index in [0.717, 1.165) is 48.0 Å². The number of nitrogens with zero attached hydrogens (tertiary/aromatic N) is 2. The molecule has 0 bridgehead atoms. The van der Waals surface area contributed by atoms with E-state index in [-0.39, 0.29) is 11.9 Å². The molecule has 0 aromatic carbocycles. The van der Waals surface area contributed by atoms with Crippen molar-refractivity contribution in [1.82, 2.24) is 9.36 Å². The van der Waals surface area contributed by atoms with Crippen LogP contribution in [0.5, 0.6) is 0 Å². The summed E-state index contributed by atoms with van der Waals surface area (Å²) in [6.07, 6.45) is 4.53. The standard InChI is InChI=1S/C14H23N3O2S2/c1-3-11-16-13(21-17-11)20-9-7-10-6-5-8-14(10,15)12(18)19-4-2/h10H,3-9,15H2,1-2H3. The molecule has 21 heavy (non-hydrogen) atoms. The quantitative estimate of drug-likeness (QED) is 0.612. The van der Waals surface area contributed by atoms with Crippen molar-refractivity contribution in [2.75, 3.05) is 12.4 Å². The van der Waals surface area contributed by atoms with Gasteiger partial charge in [0.1, 0.15) is 11.4 Å². The summed E-state index contributed by atoms with van der Waals surface area (Å²) in [5, 5.41) is 0. The third-order valence-corrected chi connectivity index (χ3v) is 5.89. The van der Waals surface area contributed by atoms with Gasteiger partial charge in [-0.25, -0.2) is 4.98 Å². The Morgan fingerprint density at radius 2 is 2.38 bits per heavy atom. The largest absolute Gasteiger partial charge is 0.465 e. The van der Waals surface area contributed by atoms with E-state index in [0.29, 0.717) is 6.61 Å². The van der Waals surface area contributed by atoms with Gasteiger partial charge in [-0.1, -0.05) is 25.1 Å². The van der Waals surface area contributed by atoms with Gasteiger partial charge in [0, 0.05) is 12.2 Å². The number of hydrogen-bond acceptors (Lipinski definition) is 7. The lowest BCUT2D eigenvalue weighted by molar-refractivity contribution is -0.151. The van der Waals surface area contributed by atoms with E-state index in [1.54, 1.807) is 11.8 Å². The van der Waals surface area contributed by atoms with Crippen LogP contribution in [-0.4, -0.2) is 33.2 Å². The Bertz CT molecular complexity index is 481. The normalized spacial score (nSPS) is 25.2. The summed E-state index contributed by atoms with van der Waals surface area (Å²) in [6, 6.07) is 0. The molecule has 5 nitrogen and oxygen atoms in total. The zero-order valence-electron chi connectivity index (χ0n) is 12.6. The van der Waals surface area contributed by atoms with Crippen molar-refractivity contribution in [2.45, 2.75) is 55.8 Å². The van der Waals surface area contributed by atoms with Gasteiger partial charge < -0.3 is 10.5 Å². The fourth-order valence-corrected chi connectivity index (χ4v) is 4.59. The van der Waals surface area contributed by atoms with Crippen molar-refractivity contribution >= 4 is 29.3 Å². The maximum atomic E-state index is 12.1. The van der Waals surface area contributed by atoms with E-state index in [1.807, 2.05) is 6.92 Å². The zero-order chi connectivity index (χ0) is 15.3. The van der Waals surface area contributed by atoms with Gasteiger partial charge >= 0.3 is 5.97 Å². The summed E-state index contributed by atoms with van der Waals surface area (Å²) in [4.78, 5) is 16.5. The number of ether oxygens (including phenoxy) is 1. The van der Waals surface area contributed by atoms with Crippen LogP contribution in [0.3, 0.4) is 0 Å². The summed E-state index contributed by atoms with van der Waals surface area (Å²) in [6.45, 7) is 4.27. The smallest absolute Gasteiger partial charge is 0.326 e. The van der Waals surface area contributed by atoms with Crippen molar-refractivity contribution in [3.05, 3.63) is 5.82 Å². The number of esters is 1. The second-order valence-corrected chi connectivity index (χ2v) is 7.41. The first-order valence-electron chi connectivity index (χ1n) is 7.51. The number of hydrogen-bond donors (Lipinski definition) is 1. The first kappa shape index (κ1) is 16.7. The van der Waals surface area contributed by atoms with Crippen LogP contribution in [0.1, 0.15) is 45.4 Å². The van der Waals surface area contributed by atoms with E-state index >= 15 is 0 Å². The minimum Gasteiger partial charge on any atom is -0.465 e. The van der Waals surface area contributed by atoms with Crippen molar-refractivity contribution in [2.24, 2.45) is 11.7 Å². The van der Waals surface area contributed by atoms with Gasteiger partial charge in [-0.2, -0.15) is 4.37 Å². The lowest BCUT2D eigenvalue weighted by Gasteiger charge is -2.28. The Hall–Kier alpha value is -0.660. The van der Waals surface area contributed by atoms with E-state index in [4.69, 9.17) is 10.5 Å². The summed E-state index contributed by atoms with van der Waals surface area (Å²) in [5.41, 5.74) is 5.54. The number of carbonyl (C=O) groups excluding carboxylic acids is 1. The van der Waals surface area contributed by atoms with Gasteiger partial charge in [0.2, 0.25) is 0 Å². The molecule has 1 fully saturated rings. The fourth-order valence-electron chi connectivity index (χ4n) is 2.77. The fraction of sp³-hybridized carbons (Fsp3) is 0.786. The second-order valence-electron chi connectivity index (χ2n) is 5.32. The summed E-state index contributed by atoms with van der Waals surface area (Å²) < 4.78 is 10.4. The number of aromatic nitrogens is 2. The van der Waals surface area contributed by atoms with E-state index in [9.17, 15) is 4.79 Å². The number of aryl methyl sites for hydroxylation is 1. The molecule has 1 heterocycles. The third kappa shape index (κ3) is 3.96. The van der Waals surface area contributed by atoms with Crippen LogP contribution >= 0.6 is 23.3 Å². The Balaban J connectivity index is 1.85. The SMILES string of the molecule is CCOC(=O)C1(N)CCCC1CCSc1nc(CC)ns1. The lowest BCUT2D eigenvalue weighted by atomic mass is 9.86. The minimum absolute atomic E-state index is 0.211. The molecule has 0 spiro atoms. The van der Waals surface area contributed by atoms with Crippen LogP contribution in [0.2, 0.25) is 0 Å². The molecule has 0 amide bonds. The van der Waals surface area contributed by atoms with E-state index in [1.165, 1.54) is 11.5 Å². The molecule has 1 saturated carbocycles. The first-order valence-corrected chi connectivity index (χ1v) is 9.27. The van der Waals surface area contributed by atoms with Crippen LogP contribution in [-0.2, 0) is 16.0 Å². The Labute approximate surface area is 134 Å². The van der Waals surface area contributed by atoms with E-state index in [2.05, 4.69) is 16.3 Å². The van der Waals surface area contributed by atoms with Gasteiger partial charge in [-0.3, -0.25) is 4.79 Å². The number of thioether (sulfide) groups is 1. The van der Waals surface area contributed by atoms with Gasteiger partial charge in [0.15, 0.2) is 4.34 Å². The molecule has 0 radical (unpaired) electrons. The van der Waals surface area contributed by atoms with Gasteiger partial charge in [0.05, 0.1) is 6.61 Å². The Morgan fingerprint density at radius 3 is 3.05 bits per heavy atom. The van der Waals surface area contributed by atoms with Gasteiger partial charge in [0.25, 0.3) is 0 Å². The highest BCUT2D eigenvalue weighted by Gasteiger charge is 2.46. The molecule has 1 aliphatic rings. The van der Waals surface area contributed by atoms with Gasteiger partial charge in [-0.15, -0.1) is 0 Å². The lowest BCUT2D eigenvalue weighted by Crippen LogP contribution is -2.52.